The van der Waals surface area contributed by atoms with Gasteiger partial charge in [-0.05, 0) is 31.4 Å². The Kier molecular flexibility index (Phi) is 2.98. The second kappa shape index (κ2) is 4.17. The zero-order valence-corrected chi connectivity index (χ0v) is 11.2. The van der Waals surface area contributed by atoms with Crippen LogP contribution in [-0.4, -0.2) is 17.9 Å². The van der Waals surface area contributed by atoms with E-state index in [-0.39, 0.29) is 5.54 Å². The lowest BCUT2D eigenvalue weighted by Crippen LogP contribution is -2.38. The molecule has 0 N–H and O–H groups in total. The van der Waals surface area contributed by atoms with Crippen LogP contribution in [0.2, 0.25) is 0 Å². The Labute approximate surface area is 104 Å². The van der Waals surface area contributed by atoms with Crippen molar-refractivity contribution in [2.75, 3.05) is 11.4 Å². The molecule has 1 aliphatic rings. The van der Waals surface area contributed by atoms with Gasteiger partial charge in [-0.1, -0.05) is 32.0 Å². The molecular formula is C15H21NO. The molecule has 2 nitrogen and oxygen atoms in total. The number of hydrogen-bond acceptors (Lipinski definition) is 2. The average Bonchev–Trinajstić information content (AvgIpc) is 2.51. The Morgan fingerprint density at radius 1 is 1.24 bits per heavy atom. The van der Waals surface area contributed by atoms with Crippen LogP contribution in [-0.2, 0) is 4.79 Å². The van der Waals surface area contributed by atoms with E-state index in [0.29, 0.717) is 24.7 Å². The summed E-state index contributed by atoms with van der Waals surface area (Å²) in [6, 6.07) is 8.43. The van der Waals surface area contributed by atoms with Gasteiger partial charge in [-0.15, -0.1) is 0 Å². The van der Waals surface area contributed by atoms with E-state index < -0.39 is 0 Å². The van der Waals surface area contributed by atoms with Crippen LogP contribution in [0, 0.1) is 0 Å². The van der Waals surface area contributed by atoms with E-state index in [1.807, 2.05) is 0 Å². The highest BCUT2D eigenvalue weighted by atomic mass is 16.1. The number of benzene rings is 1. The smallest absolute Gasteiger partial charge is 0.154 e. The van der Waals surface area contributed by atoms with Crippen LogP contribution in [0.1, 0.15) is 45.6 Å². The summed E-state index contributed by atoms with van der Waals surface area (Å²) in [5, 5.41) is 0. The Morgan fingerprint density at radius 3 is 2.41 bits per heavy atom. The van der Waals surface area contributed by atoms with E-state index in [1.165, 1.54) is 11.3 Å². The average molecular weight is 231 g/mol. The summed E-state index contributed by atoms with van der Waals surface area (Å²) in [7, 11) is 0. The van der Waals surface area contributed by atoms with E-state index in [1.54, 1.807) is 0 Å². The highest BCUT2D eigenvalue weighted by Crippen LogP contribution is 2.36. The number of nitrogens with zero attached hydrogens (tertiary/aromatic N) is 1. The zero-order valence-electron chi connectivity index (χ0n) is 11.2. The standard InChI is InChI=1S/C15H21NO/c1-11(2)13-7-5-6-8-14(13)16-10-12(17)9-15(16,3)4/h5-8,11H,9-10H2,1-4H3. The van der Waals surface area contributed by atoms with Gasteiger partial charge < -0.3 is 4.90 Å². The van der Waals surface area contributed by atoms with Crippen molar-refractivity contribution < 1.29 is 4.79 Å². The molecule has 2 heteroatoms. The van der Waals surface area contributed by atoms with Crippen molar-refractivity contribution in [3.8, 4) is 0 Å². The maximum Gasteiger partial charge on any atom is 0.154 e. The molecule has 17 heavy (non-hydrogen) atoms. The van der Waals surface area contributed by atoms with Gasteiger partial charge in [0.05, 0.1) is 6.54 Å². The molecule has 0 amide bonds. The topological polar surface area (TPSA) is 20.3 Å². The summed E-state index contributed by atoms with van der Waals surface area (Å²) >= 11 is 0. The molecule has 1 heterocycles. The molecule has 0 atom stereocenters. The third-order valence-electron chi connectivity index (χ3n) is 3.54. The number of para-hydroxylation sites is 1. The van der Waals surface area contributed by atoms with Gasteiger partial charge >= 0.3 is 0 Å². The number of ketones is 1. The van der Waals surface area contributed by atoms with Crippen LogP contribution in [0.5, 0.6) is 0 Å². The summed E-state index contributed by atoms with van der Waals surface area (Å²) in [6.45, 7) is 9.24. The predicted octanol–water partition coefficient (Wildman–Crippen LogP) is 3.37. The van der Waals surface area contributed by atoms with E-state index >= 15 is 0 Å². The van der Waals surface area contributed by atoms with Crippen molar-refractivity contribution in [1.29, 1.82) is 0 Å². The Morgan fingerprint density at radius 2 is 1.88 bits per heavy atom. The van der Waals surface area contributed by atoms with Crippen LogP contribution in [0.25, 0.3) is 0 Å². The molecule has 1 saturated heterocycles. The van der Waals surface area contributed by atoms with Crippen molar-refractivity contribution in [3.05, 3.63) is 29.8 Å². The minimum absolute atomic E-state index is 0.0535. The van der Waals surface area contributed by atoms with Crippen molar-refractivity contribution in [2.24, 2.45) is 0 Å². The predicted molar refractivity (Wildman–Crippen MR) is 71.6 cm³/mol. The van der Waals surface area contributed by atoms with Gasteiger partial charge in [0.2, 0.25) is 0 Å². The second-order valence-corrected chi connectivity index (χ2v) is 5.83. The first-order chi connectivity index (χ1) is 7.92. The van der Waals surface area contributed by atoms with Gasteiger partial charge in [0.1, 0.15) is 0 Å². The Bertz CT molecular complexity index is 434. The molecule has 0 bridgehead atoms. The van der Waals surface area contributed by atoms with Gasteiger partial charge in [0.15, 0.2) is 5.78 Å². The summed E-state index contributed by atoms with van der Waals surface area (Å²) in [4.78, 5) is 13.9. The molecule has 1 aromatic carbocycles. The number of anilines is 1. The molecule has 1 aliphatic heterocycles. The second-order valence-electron chi connectivity index (χ2n) is 5.83. The molecule has 0 unspecified atom stereocenters. The number of carbonyl (C=O) groups is 1. The molecule has 0 aromatic heterocycles. The molecule has 1 fully saturated rings. The highest BCUT2D eigenvalue weighted by molar-refractivity contribution is 5.89. The zero-order chi connectivity index (χ0) is 12.6. The van der Waals surface area contributed by atoms with E-state index in [0.717, 1.165) is 0 Å². The molecule has 0 saturated carbocycles. The monoisotopic (exact) mass is 231 g/mol. The van der Waals surface area contributed by atoms with Crippen LogP contribution in [0.15, 0.2) is 24.3 Å². The molecule has 2 rings (SSSR count). The van der Waals surface area contributed by atoms with Crippen LogP contribution in [0.3, 0.4) is 0 Å². The van der Waals surface area contributed by atoms with Crippen molar-refractivity contribution >= 4 is 11.5 Å². The van der Waals surface area contributed by atoms with Gasteiger partial charge in [0, 0.05) is 17.6 Å². The largest absolute Gasteiger partial charge is 0.358 e. The number of Topliss-reactive ketones (excluding diaryl/α,β-unsaturated/α-hetero) is 1. The summed E-state index contributed by atoms with van der Waals surface area (Å²) < 4.78 is 0. The third kappa shape index (κ3) is 2.21. The van der Waals surface area contributed by atoms with Crippen molar-refractivity contribution in [1.82, 2.24) is 0 Å². The lowest BCUT2D eigenvalue weighted by atomic mass is 9.96. The van der Waals surface area contributed by atoms with Crippen molar-refractivity contribution in [2.45, 2.75) is 45.6 Å². The highest BCUT2D eigenvalue weighted by Gasteiger charge is 2.38. The fourth-order valence-corrected chi connectivity index (χ4v) is 2.66. The van der Waals surface area contributed by atoms with Crippen molar-refractivity contribution in [3.63, 3.8) is 0 Å². The Hall–Kier alpha value is -1.31. The molecule has 0 aliphatic carbocycles. The van der Waals surface area contributed by atoms with E-state index in [9.17, 15) is 4.79 Å². The quantitative estimate of drug-likeness (QED) is 0.777. The van der Waals surface area contributed by atoms with Gasteiger partial charge in [0.25, 0.3) is 0 Å². The molecule has 0 spiro atoms. The van der Waals surface area contributed by atoms with Gasteiger partial charge in [-0.3, -0.25) is 4.79 Å². The minimum atomic E-state index is -0.0535. The first-order valence-electron chi connectivity index (χ1n) is 6.30. The first-order valence-corrected chi connectivity index (χ1v) is 6.30. The molecule has 0 radical (unpaired) electrons. The minimum Gasteiger partial charge on any atom is -0.358 e. The molecular weight excluding hydrogens is 210 g/mol. The van der Waals surface area contributed by atoms with Gasteiger partial charge in [-0.25, -0.2) is 0 Å². The summed E-state index contributed by atoms with van der Waals surface area (Å²) in [5.74, 6) is 0.825. The van der Waals surface area contributed by atoms with E-state index in [4.69, 9.17) is 0 Å². The number of rotatable bonds is 2. The SMILES string of the molecule is CC(C)c1ccccc1N1CC(=O)CC1(C)C. The fourth-order valence-electron chi connectivity index (χ4n) is 2.66. The summed E-state index contributed by atoms with van der Waals surface area (Å²) in [6.07, 6.45) is 0.652. The van der Waals surface area contributed by atoms with E-state index in [2.05, 4.69) is 56.9 Å². The van der Waals surface area contributed by atoms with Crippen LogP contribution in [0.4, 0.5) is 5.69 Å². The normalized spacial score (nSPS) is 19.1. The lowest BCUT2D eigenvalue weighted by Gasteiger charge is -2.34. The van der Waals surface area contributed by atoms with Gasteiger partial charge in [-0.2, -0.15) is 0 Å². The fraction of sp³-hybridized carbons (Fsp3) is 0.533. The molecule has 92 valence electrons. The molecule has 1 aromatic rings. The number of carbonyl (C=O) groups excluding carboxylic acids is 1. The summed E-state index contributed by atoms with van der Waals surface area (Å²) in [5.41, 5.74) is 2.50. The number of hydrogen-bond donors (Lipinski definition) is 0. The van der Waals surface area contributed by atoms with Crippen LogP contribution < -0.4 is 4.90 Å². The third-order valence-corrected chi connectivity index (χ3v) is 3.54. The maximum absolute atomic E-state index is 11.7. The lowest BCUT2D eigenvalue weighted by molar-refractivity contribution is -0.116. The first kappa shape index (κ1) is 12.2. The maximum atomic E-state index is 11.7. The Balaban J connectivity index is 2.44. The van der Waals surface area contributed by atoms with Crippen LogP contribution >= 0.6 is 0 Å².